The van der Waals surface area contributed by atoms with Gasteiger partial charge in [-0.15, -0.1) is 0 Å². The molecule has 1 aromatic carbocycles. The lowest BCUT2D eigenvalue weighted by atomic mass is 10.1. The van der Waals surface area contributed by atoms with Gasteiger partial charge in [-0.05, 0) is 72.2 Å². The fourth-order valence-electron chi connectivity index (χ4n) is 3.13. The quantitative estimate of drug-likeness (QED) is 0.373. The smallest absolute Gasteiger partial charge is 0.412 e. The number of aliphatic hydroxyl groups excluding tert-OH is 2. The number of ether oxygens (including phenoxy) is 3. The van der Waals surface area contributed by atoms with Crippen molar-refractivity contribution in [3.8, 4) is 5.75 Å². The maximum Gasteiger partial charge on any atom is 0.412 e. The molecule has 10 nitrogen and oxygen atoms in total. The van der Waals surface area contributed by atoms with Crippen molar-refractivity contribution in [1.82, 2.24) is 5.32 Å². The Morgan fingerprint density at radius 2 is 1.40 bits per heavy atom. The summed E-state index contributed by atoms with van der Waals surface area (Å²) in [6, 6.07) is 5.87. The van der Waals surface area contributed by atoms with Crippen LogP contribution in [-0.2, 0) is 19.1 Å². The summed E-state index contributed by atoms with van der Waals surface area (Å²) in [6.45, 7) is 11.1. The van der Waals surface area contributed by atoms with Crippen LogP contribution in [0.3, 0.4) is 0 Å². The molecule has 10 heteroatoms. The standard InChI is InChI=1S/C25H40N2O8/c1-24(2,3)34-21(30)12-7-18(17-22(31)35-25(4,5)6)26-23(32)33-20-10-8-19(9-11-20)27(13-15-28)14-16-29/h8-11,18,28-29H,7,12-17H2,1-6H3,(H,26,32)/t18-/m0/s1. The highest BCUT2D eigenvalue weighted by Crippen LogP contribution is 2.20. The molecule has 0 aliphatic carbocycles. The first kappa shape index (κ1) is 30.2. The zero-order valence-electron chi connectivity index (χ0n) is 21.6. The monoisotopic (exact) mass is 496 g/mol. The molecule has 1 atom stereocenters. The molecular weight excluding hydrogens is 456 g/mol. The first-order chi connectivity index (χ1) is 16.2. The van der Waals surface area contributed by atoms with Crippen molar-refractivity contribution >= 4 is 23.7 Å². The molecule has 0 aromatic heterocycles. The number of carbonyl (C=O) groups is 3. The van der Waals surface area contributed by atoms with Gasteiger partial charge in [0.25, 0.3) is 0 Å². The number of esters is 2. The zero-order valence-corrected chi connectivity index (χ0v) is 21.6. The molecule has 0 unspecified atom stereocenters. The van der Waals surface area contributed by atoms with Gasteiger partial charge in [-0.2, -0.15) is 0 Å². The van der Waals surface area contributed by atoms with Crippen molar-refractivity contribution in [2.75, 3.05) is 31.2 Å². The lowest BCUT2D eigenvalue weighted by molar-refractivity contribution is -0.157. The van der Waals surface area contributed by atoms with Gasteiger partial charge in [0.15, 0.2) is 0 Å². The Kier molecular flexibility index (Phi) is 12.0. The van der Waals surface area contributed by atoms with Crippen molar-refractivity contribution in [1.29, 1.82) is 0 Å². The van der Waals surface area contributed by atoms with Crippen LogP contribution in [0.2, 0.25) is 0 Å². The topological polar surface area (TPSA) is 135 Å². The van der Waals surface area contributed by atoms with E-state index in [4.69, 9.17) is 14.2 Å². The Morgan fingerprint density at radius 3 is 1.89 bits per heavy atom. The van der Waals surface area contributed by atoms with Gasteiger partial charge >= 0.3 is 18.0 Å². The molecule has 0 fully saturated rings. The second kappa shape index (κ2) is 13.9. The molecule has 0 saturated carbocycles. The second-order valence-electron chi connectivity index (χ2n) is 10.1. The molecular formula is C25H40N2O8. The van der Waals surface area contributed by atoms with Crippen LogP contribution < -0.4 is 15.0 Å². The summed E-state index contributed by atoms with van der Waals surface area (Å²) in [6.07, 6.45) is -0.742. The predicted octanol–water partition coefficient (Wildman–Crippen LogP) is 2.79. The van der Waals surface area contributed by atoms with E-state index in [-0.39, 0.29) is 38.2 Å². The van der Waals surface area contributed by atoms with Gasteiger partial charge in [-0.25, -0.2) is 4.79 Å². The van der Waals surface area contributed by atoms with E-state index in [1.165, 1.54) is 0 Å². The Balaban J connectivity index is 2.80. The molecule has 198 valence electrons. The number of aliphatic hydroxyl groups is 2. The van der Waals surface area contributed by atoms with Crippen LogP contribution in [0, 0.1) is 0 Å². The summed E-state index contributed by atoms with van der Waals surface area (Å²) in [7, 11) is 0. The number of benzene rings is 1. The van der Waals surface area contributed by atoms with Crippen LogP contribution in [0.5, 0.6) is 5.75 Å². The van der Waals surface area contributed by atoms with Crippen molar-refractivity contribution in [3.05, 3.63) is 24.3 Å². The van der Waals surface area contributed by atoms with E-state index in [1.54, 1.807) is 70.7 Å². The van der Waals surface area contributed by atoms with E-state index < -0.39 is 35.3 Å². The summed E-state index contributed by atoms with van der Waals surface area (Å²) in [5.74, 6) is -0.681. The highest BCUT2D eigenvalue weighted by Gasteiger charge is 2.24. The van der Waals surface area contributed by atoms with Crippen LogP contribution in [0.15, 0.2) is 24.3 Å². The number of anilines is 1. The SMILES string of the molecule is CC(C)(C)OC(=O)CC[C@@H](CC(=O)OC(C)(C)C)NC(=O)Oc1ccc(N(CCO)CCO)cc1. The third-order valence-electron chi connectivity index (χ3n) is 4.42. The Bertz CT molecular complexity index is 806. The van der Waals surface area contributed by atoms with E-state index in [1.807, 2.05) is 0 Å². The van der Waals surface area contributed by atoms with Crippen LogP contribution in [0.1, 0.15) is 60.8 Å². The van der Waals surface area contributed by atoms with E-state index in [9.17, 15) is 24.6 Å². The lowest BCUT2D eigenvalue weighted by Gasteiger charge is -2.24. The normalized spacial score (nSPS) is 12.5. The molecule has 0 radical (unpaired) electrons. The van der Waals surface area contributed by atoms with Crippen molar-refractivity contribution in [2.24, 2.45) is 0 Å². The summed E-state index contributed by atoms with van der Waals surface area (Å²) in [5, 5.41) is 21.0. The number of nitrogens with zero attached hydrogens (tertiary/aromatic N) is 1. The molecule has 35 heavy (non-hydrogen) atoms. The predicted molar refractivity (Wildman–Crippen MR) is 131 cm³/mol. The van der Waals surface area contributed by atoms with Crippen LogP contribution >= 0.6 is 0 Å². The molecule has 1 rings (SSSR count). The molecule has 0 aliphatic heterocycles. The molecule has 3 N–H and O–H groups in total. The molecule has 1 amide bonds. The summed E-state index contributed by atoms with van der Waals surface area (Å²) in [5.41, 5.74) is -0.573. The molecule has 0 heterocycles. The fourth-order valence-corrected chi connectivity index (χ4v) is 3.13. The van der Waals surface area contributed by atoms with Gasteiger partial charge in [0, 0.05) is 31.2 Å². The largest absolute Gasteiger partial charge is 0.460 e. The molecule has 1 aromatic rings. The van der Waals surface area contributed by atoms with Crippen LogP contribution in [-0.4, -0.2) is 71.8 Å². The van der Waals surface area contributed by atoms with Crippen molar-refractivity contribution in [3.63, 3.8) is 0 Å². The highest BCUT2D eigenvalue weighted by atomic mass is 16.6. The molecule has 0 aliphatic rings. The Hall–Kier alpha value is -2.85. The Labute approximate surface area is 207 Å². The number of hydrogen-bond acceptors (Lipinski definition) is 9. The number of amides is 1. The minimum absolute atomic E-state index is 0.00522. The number of hydrogen-bond donors (Lipinski definition) is 3. The first-order valence-corrected chi connectivity index (χ1v) is 11.7. The molecule has 0 saturated heterocycles. The zero-order chi connectivity index (χ0) is 26.6. The summed E-state index contributed by atoms with van der Waals surface area (Å²) >= 11 is 0. The number of nitrogens with one attached hydrogen (secondary N) is 1. The van der Waals surface area contributed by atoms with Gasteiger partial charge in [0.2, 0.25) is 0 Å². The molecule has 0 bridgehead atoms. The average molecular weight is 497 g/mol. The van der Waals surface area contributed by atoms with Crippen molar-refractivity contribution < 1.29 is 38.8 Å². The third-order valence-corrected chi connectivity index (χ3v) is 4.42. The van der Waals surface area contributed by atoms with Crippen LogP contribution in [0.25, 0.3) is 0 Å². The van der Waals surface area contributed by atoms with E-state index in [0.717, 1.165) is 5.69 Å². The van der Waals surface area contributed by atoms with E-state index in [0.29, 0.717) is 13.1 Å². The van der Waals surface area contributed by atoms with Gasteiger partial charge in [0.05, 0.1) is 19.6 Å². The average Bonchev–Trinajstić information content (AvgIpc) is 2.70. The Morgan fingerprint density at radius 1 is 0.886 bits per heavy atom. The minimum atomic E-state index is -0.780. The molecule has 0 spiro atoms. The first-order valence-electron chi connectivity index (χ1n) is 11.7. The van der Waals surface area contributed by atoms with Gasteiger partial charge in [-0.1, -0.05) is 0 Å². The third kappa shape index (κ3) is 13.6. The van der Waals surface area contributed by atoms with Crippen molar-refractivity contribution in [2.45, 2.75) is 78.0 Å². The highest BCUT2D eigenvalue weighted by molar-refractivity contribution is 5.75. The van der Waals surface area contributed by atoms with Gasteiger partial charge in [0.1, 0.15) is 17.0 Å². The van der Waals surface area contributed by atoms with Gasteiger partial charge < -0.3 is 34.6 Å². The number of carbonyl (C=O) groups excluding carboxylic acids is 3. The lowest BCUT2D eigenvalue weighted by Crippen LogP contribution is -2.40. The second-order valence-corrected chi connectivity index (χ2v) is 10.1. The maximum atomic E-state index is 12.5. The minimum Gasteiger partial charge on any atom is -0.460 e. The maximum absolute atomic E-state index is 12.5. The van der Waals surface area contributed by atoms with Crippen LogP contribution in [0.4, 0.5) is 10.5 Å². The van der Waals surface area contributed by atoms with Gasteiger partial charge in [-0.3, -0.25) is 9.59 Å². The van der Waals surface area contributed by atoms with E-state index in [2.05, 4.69) is 5.32 Å². The number of rotatable bonds is 12. The summed E-state index contributed by atoms with van der Waals surface area (Å²) in [4.78, 5) is 38.7. The fraction of sp³-hybridized carbons (Fsp3) is 0.640. The van der Waals surface area contributed by atoms with E-state index >= 15 is 0 Å². The summed E-state index contributed by atoms with van der Waals surface area (Å²) < 4.78 is 16.0.